The van der Waals surface area contributed by atoms with E-state index in [0.29, 0.717) is 30.0 Å². The normalized spacial score (nSPS) is 13.6. The van der Waals surface area contributed by atoms with Crippen LogP contribution >= 0.6 is 0 Å². The van der Waals surface area contributed by atoms with E-state index in [1.54, 1.807) is 32.9 Å². The summed E-state index contributed by atoms with van der Waals surface area (Å²) in [7, 11) is 0. The largest absolute Gasteiger partial charge is 0.490 e. The Morgan fingerprint density at radius 2 is 2.06 bits per heavy atom. The van der Waals surface area contributed by atoms with E-state index in [-0.39, 0.29) is 41.3 Å². The second-order valence-electron chi connectivity index (χ2n) is 8.15. The van der Waals surface area contributed by atoms with Crippen LogP contribution in [0.2, 0.25) is 0 Å². The number of hydrogen-bond donors (Lipinski definition) is 2. The molecule has 0 atom stereocenters. The molecule has 1 aromatic carbocycles. The van der Waals surface area contributed by atoms with Crippen LogP contribution in [-0.4, -0.2) is 46.8 Å². The summed E-state index contributed by atoms with van der Waals surface area (Å²) in [4.78, 5) is 27.2. The maximum atomic E-state index is 12.9. The highest BCUT2D eigenvalue weighted by molar-refractivity contribution is 6.01. The Labute approximate surface area is 194 Å². The second kappa shape index (κ2) is 9.80. The number of carbonyl (C=O) groups excluding carboxylic acids is 1. The summed E-state index contributed by atoms with van der Waals surface area (Å²) >= 11 is 0. The number of carbonyl (C=O) groups is 1. The van der Waals surface area contributed by atoms with E-state index in [2.05, 4.69) is 20.3 Å². The molecule has 1 amide bonds. The zero-order chi connectivity index (χ0) is 24.4. The van der Waals surface area contributed by atoms with Crippen molar-refractivity contribution in [1.82, 2.24) is 15.1 Å². The first-order chi connectivity index (χ1) is 16.3. The lowest BCUT2D eigenvalue weighted by atomic mass is 10.1. The number of amides is 1. The molecular formula is C23H26F2N4O5. The van der Waals surface area contributed by atoms with Crippen LogP contribution in [-0.2, 0) is 11.3 Å². The van der Waals surface area contributed by atoms with E-state index in [4.69, 9.17) is 9.15 Å². The SMILES string of the molecule is CCOc1cc(CN(CC(=O)Nc2oc(C)c3c(C)n[nH]c(=O)c23)C2CC2)ccc1OC(F)F. The molecular weight excluding hydrogens is 450 g/mol. The summed E-state index contributed by atoms with van der Waals surface area (Å²) in [6.45, 7) is 3.02. The Kier molecular flexibility index (Phi) is 6.82. The van der Waals surface area contributed by atoms with Gasteiger partial charge in [0.25, 0.3) is 5.56 Å². The Balaban J connectivity index is 1.50. The number of halogens is 2. The minimum atomic E-state index is -2.95. The zero-order valence-electron chi connectivity index (χ0n) is 19.1. The fraction of sp³-hybridized carbons (Fsp3) is 0.435. The molecule has 0 radical (unpaired) electrons. The Hall–Kier alpha value is -3.47. The number of benzene rings is 1. The molecule has 34 heavy (non-hydrogen) atoms. The van der Waals surface area contributed by atoms with E-state index < -0.39 is 12.2 Å². The van der Waals surface area contributed by atoms with E-state index in [1.807, 2.05) is 4.90 Å². The maximum absolute atomic E-state index is 12.9. The van der Waals surface area contributed by atoms with Gasteiger partial charge in [-0.2, -0.15) is 13.9 Å². The second-order valence-corrected chi connectivity index (χ2v) is 8.15. The lowest BCUT2D eigenvalue weighted by Gasteiger charge is -2.22. The fourth-order valence-corrected chi connectivity index (χ4v) is 3.98. The summed E-state index contributed by atoms with van der Waals surface area (Å²) in [6, 6.07) is 4.99. The molecule has 0 saturated heterocycles. The van der Waals surface area contributed by atoms with Crippen LogP contribution in [0.15, 0.2) is 27.4 Å². The number of aromatic nitrogens is 2. The van der Waals surface area contributed by atoms with Crippen molar-refractivity contribution < 1.29 is 27.5 Å². The molecule has 0 bridgehead atoms. The molecule has 1 aliphatic rings. The molecule has 0 spiro atoms. The van der Waals surface area contributed by atoms with Gasteiger partial charge in [-0.3, -0.25) is 19.8 Å². The van der Waals surface area contributed by atoms with Crippen LogP contribution in [0.3, 0.4) is 0 Å². The summed E-state index contributed by atoms with van der Waals surface area (Å²) in [5, 5.41) is 9.90. The Morgan fingerprint density at radius 3 is 2.74 bits per heavy atom. The standard InChI is InChI=1S/C23H26F2N4O5/c1-4-32-17-9-14(5-8-16(17)34-23(24)25)10-29(15-6-7-15)11-18(30)26-22-20-19(13(3)33-22)12(2)27-28-21(20)31/h5,8-9,15,23H,4,6-7,10-11H2,1-3H3,(H,26,30)(H,28,31). The molecule has 0 unspecified atom stereocenters. The van der Waals surface area contributed by atoms with Crippen LogP contribution in [0, 0.1) is 13.8 Å². The molecule has 9 nitrogen and oxygen atoms in total. The first-order valence-corrected chi connectivity index (χ1v) is 11.0. The summed E-state index contributed by atoms with van der Waals surface area (Å²) in [5.74, 6) is 0.439. The molecule has 2 heterocycles. The van der Waals surface area contributed by atoms with Crippen LogP contribution in [0.4, 0.5) is 14.7 Å². The van der Waals surface area contributed by atoms with Crippen molar-refractivity contribution in [3.8, 4) is 11.5 Å². The fourth-order valence-electron chi connectivity index (χ4n) is 3.98. The van der Waals surface area contributed by atoms with Crippen molar-refractivity contribution in [1.29, 1.82) is 0 Å². The number of nitrogens with one attached hydrogen (secondary N) is 2. The van der Waals surface area contributed by atoms with Gasteiger partial charge in [0, 0.05) is 12.6 Å². The Bertz CT molecular complexity index is 1250. The molecule has 1 fully saturated rings. The number of fused-ring (bicyclic) bond motifs is 1. The van der Waals surface area contributed by atoms with E-state index in [9.17, 15) is 18.4 Å². The van der Waals surface area contributed by atoms with Crippen molar-refractivity contribution >= 4 is 22.6 Å². The first-order valence-electron chi connectivity index (χ1n) is 11.0. The van der Waals surface area contributed by atoms with Gasteiger partial charge in [-0.15, -0.1) is 0 Å². The van der Waals surface area contributed by atoms with Crippen molar-refractivity contribution in [2.24, 2.45) is 0 Å². The molecule has 4 rings (SSSR count). The number of aryl methyl sites for hydroxylation is 2. The molecule has 11 heteroatoms. The molecule has 3 aromatic rings. The number of alkyl halides is 2. The van der Waals surface area contributed by atoms with Gasteiger partial charge in [0.2, 0.25) is 11.8 Å². The minimum Gasteiger partial charge on any atom is -0.490 e. The van der Waals surface area contributed by atoms with E-state index >= 15 is 0 Å². The third kappa shape index (κ3) is 5.19. The van der Waals surface area contributed by atoms with Gasteiger partial charge < -0.3 is 13.9 Å². The highest BCUT2D eigenvalue weighted by Gasteiger charge is 2.31. The van der Waals surface area contributed by atoms with Crippen molar-refractivity contribution in [3.63, 3.8) is 0 Å². The van der Waals surface area contributed by atoms with Crippen molar-refractivity contribution in [2.45, 2.75) is 52.8 Å². The maximum Gasteiger partial charge on any atom is 0.387 e. The molecule has 1 saturated carbocycles. The smallest absolute Gasteiger partial charge is 0.387 e. The number of hydrogen-bond acceptors (Lipinski definition) is 7. The summed E-state index contributed by atoms with van der Waals surface area (Å²) in [5.41, 5.74) is 0.948. The molecule has 2 N–H and O–H groups in total. The number of ether oxygens (including phenoxy) is 2. The highest BCUT2D eigenvalue weighted by Crippen LogP contribution is 2.33. The van der Waals surface area contributed by atoms with Gasteiger partial charge in [-0.25, -0.2) is 5.10 Å². The van der Waals surface area contributed by atoms with Gasteiger partial charge in [0.15, 0.2) is 11.5 Å². The number of aromatic amines is 1. The first kappa shape index (κ1) is 23.7. The Morgan fingerprint density at radius 1 is 1.29 bits per heavy atom. The average molecular weight is 476 g/mol. The highest BCUT2D eigenvalue weighted by atomic mass is 19.3. The van der Waals surface area contributed by atoms with Crippen LogP contribution in [0.1, 0.15) is 36.8 Å². The van der Waals surface area contributed by atoms with Gasteiger partial charge in [0.1, 0.15) is 11.1 Å². The van der Waals surface area contributed by atoms with Crippen LogP contribution in [0.5, 0.6) is 11.5 Å². The molecule has 1 aliphatic carbocycles. The summed E-state index contributed by atoms with van der Waals surface area (Å²) < 4.78 is 41.0. The van der Waals surface area contributed by atoms with Crippen molar-refractivity contribution in [2.75, 3.05) is 18.5 Å². The quantitative estimate of drug-likeness (QED) is 0.459. The number of rotatable bonds is 10. The minimum absolute atomic E-state index is 0.0358. The van der Waals surface area contributed by atoms with E-state index in [0.717, 1.165) is 18.4 Å². The number of nitrogens with zero attached hydrogens (tertiary/aromatic N) is 2. The monoisotopic (exact) mass is 476 g/mol. The van der Waals surface area contributed by atoms with Crippen LogP contribution < -0.4 is 20.3 Å². The van der Waals surface area contributed by atoms with Gasteiger partial charge in [0.05, 0.1) is 24.2 Å². The molecule has 182 valence electrons. The predicted octanol–water partition coefficient (Wildman–Crippen LogP) is 3.74. The average Bonchev–Trinajstić information content (AvgIpc) is 3.56. The van der Waals surface area contributed by atoms with Gasteiger partial charge in [-0.05, 0) is 51.3 Å². The van der Waals surface area contributed by atoms with E-state index in [1.165, 1.54) is 6.07 Å². The zero-order valence-corrected chi connectivity index (χ0v) is 19.1. The number of furan rings is 1. The lowest BCUT2D eigenvalue weighted by molar-refractivity contribution is -0.117. The third-order valence-corrected chi connectivity index (χ3v) is 5.57. The molecule has 2 aromatic heterocycles. The third-order valence-electron chi connectivity index (χ3n) is 5.57. The topological polar surface area (TPSA) is 110 Å². The van der Waals surface area contributed by atoms with Crippen molar-refractivity contribution in [3.05, 3.63) is 45.6 Å². The van der Waals surface area contributed by atoms with Crippen LogP contribution in [0.25, 0.3) is 10.8 Å². The van der Waals surface area contributed by atoms with Gasteiger partial charge >= 0.3 is 6.61 Å². The summed E-state index contributed by atoms with van der Waals surface area (Å²) in [6.07, 6.45) is 1.90. The molecule has 0 aliphatic heterocycles. The number of H-pyrrole nitrogens is 1. The predicted molar refractivity (Wildman–Crippen MR) is 120 cm³/mol. The number of anilines is 1. The lowest BCUT2D eigenvalue weighted by Crippen LogP contribution is -2.34. The van der Waals surface area contributed by atoms with Gasteiger partial charge in [-0.1, -0.05) is 6.07 Å².